The number of ether oxygens (including phenoxy) is 2. The van der Waals surface area contributed by atoms with Crippen LogP contribution in [-0.2, 0) is 19.1 Å². The maximum absolute atomic E-state index is 13.8. The van der Waals surface area contributed by atoms with E-state index in [2.05, 4.69) is 0 Å². The molecule has 160 valence electrons. The van der Waals surface area contributed by atoms with Gasteiger partial charge in [-0.05, 0) is 17.0 Å². The zero-order valence-electron chi connectivity index (χ0n) is 17.8. The highest BCUT2D eigenvalue weighted by atomic mass is 16.6. The first-order valence-corrected chi connectivity index (χ1v) is 10.9. The first kappa shape index (κ1) is 20.0. The largest absolute Gasteiger partial charge is 0.465 e. The summed E-state index contributed by atoms with van der Waals surface area (Å²) in [6.07, 6.45) is 3.52. The predicted molar refractivity (Wildman–Crippen MR) is 116 cm³/mol. The number of rotatable bonds is 6. The fourth-order valence-corrected chi connectivity index (χ4v) is 5.18. The lowest BCUT2D eigenvalue weighted by molar-refractivity contribution is -0.155. The number of fused-ring (bicyclic) bond motifs is 1. The molecular weight excluding hydrogens is 390 g/mol. The van der Waals surface area contributed by atoms with Gasteiger partial charge in [-0.15, -0.1) is 0 Å². The highest BCUT2D eigenvalue weighted by Gasteiger charge is 2.68. The summed E-state index contributed by atoms with van der Waals surface area (Å²) in [6, 6.07) is 19.8. The summed E-state index contributed by atoms with van der Waals surface area (Å²) in [4.78, 5) is 28.6. The molecule has 3 aliphatic rings. The van der Waals surface area contributed by atoms with Crippen molar-refractivity contribution in [2.75, 3.05) is 13.2 Å². The number of likely N-dealkylation sites (tertiary alicyclic amines) is 1. The van der Waals surface area contributed by atoms with E-state index in [1.165, 1.54) is 0 Å². The van der Waals surface area contributed by atoms with Crippen molar-refractivity contribution >= 4 is 11.9 Å². The van der Waals surface area contributed by atoms with Crippen LogP contribution in [0.3, 0.4) is 0 Å². The Bertz CT molecular complexity index is 963. The number of hydrogen-bond acceptors (Lipinski definition) is 4. The highest BCUT2D eigenvalue weighted by molar-refractivity contribution is 5.91. The number of amides is 1. The molecular formula is C26H27NO4. The maximum Gasteiger partial charge on any atom is 0.312 e. The zero-order valence-corrected chi connectivity index (χ0v) is 17.8. The Morgan fingerprint density at radius 2 is 1.71 bits per heavy atom. The van der Waals surface area contributed by atoms with E-state index in [0.29, 0.717) is 13.2 Å². The second-order valence-corrected chi connectivity index (χ2v) is 9.11. The Hall–Kier alpha value is -2.92. The molecule has 1 spiro atoms. The molecule has 2 bridgehead atoms. The van der Waals surface area contributed by atoms with E-state index in [0.717, 1.165) is 11.1 Å². The van der Waals surface area contributed by atoms with Crippen molar-refractivity contribution in [3.63, 3.8) is 0 Å². The molecule has 31 heavy (non-hydrogen) atoms. The lowest BCUT2D eigenvalue weighted by atomic mass is 9.77. The van der Waals surface area contributed by atoms with E-state index in [4.69, 9.17) is 9.47 Å². The Balaban J connectivity index is 1.50. The van der Waals surface area contributed by atoms with E-state index in [1.807, 2.05) is 91.6 Å². The fourth-order valence-electron chi connectivity index (χ4n) is 5.18. The van der Waals surface area contributed by atoms with Crippen LogP contribution in [0.5, 0.6) is 0 Å². The van der Waals surface area contributed by atoms with Gasteiger partial charge in [0, 0.05) is 0 Å². The summed E-state index contributed by atoms with van der Waals surface area (Å²) in [7, 11) is 0. The lowest BCUT2D eigenvalue weighted by Gasteiger charge is -2.31. The van der Waals surface area contributed by atoms with Crippen molar-refractivity contribution < 1.29 is 19.1 Å². The number of carbonyl (C=O) groups is 2. The minimum absolute atomic E-state index is 0.0453. The van der Waals surface area contributed by atoms with Gasteiger partial charge in [0.05, 0.1) is 31.2 Å². The molecule has 2 aromatic rings. The molecule has 1 amide bonds. The first-order chi connectivity index (χ1) is 15.0. The quantitative estimate of drug-likeness (QED) is 0.531. The van der Waals surface area contributed by atoms with E-state index in [9.17, 15) is 9.59 Å². The number of hydrogen-bond donors (Lipinski definition) is 0. The van der Waals surface area contributed by atoms with Gasteiger partial charge in [0.25, 0.3) is 0 Å². The summed E-state index contributed by atoms with van der Waals surface area (Å²) < 4.78 is 11.8. The molecule has 0 N–H and O–H groups in total. The van der Waals surface area contributed by atoms with Crippen LogP contribution in [0.15, 0.2) is 72.8 Å². The van der Waals surface area contributed by atoms with Crippen LogP contribution < -0.4 is 0 Å². The Kier molecular flexibility index (Phi) is 4.94. The summed E-state index contributed by atoms with van der Waals surface area (Å²) in [5, 5.41) is 0. The number of carbonyl (C=O) groups excluding carboxylic acids is 2. The standard InChI is InChI=1S/C26H27NO4/c1-17(2)15-30-25(29)21-20-13-14-26(31-20)16-27(24(28)22(21)26)23(18-9-5-3-6-10-18)19-11-7-4-8-12-19/h3-14,17,20-23H,15-16H2,1-2H3/t20-,21+,22-,26+/m1/s1. The van der Waals surface area contributed by atoms with E-state index >= 15 is 0 Å². The summed E-state index contributed by atoms with van der Waals surface area (Å²) in [5.41, 5.74) is 1.32. The molecule has 3 aliphatic heterocycles. The lowest BCUT2D eigenvalue weighted by Crippen LogP contribution is -2.40. The molecule has 5 rings (SSSR count). The Labute approximate surface area is 182 Å². The number of esters is 1. The molecule has 0 aromatic heterocycles. The molecule has 0 unspecified atom stereocenters. The molecule has 2 aromatic carbocycles. The van der Waals surface area contributed by atoms with Gasteiger partial charge < -0.3 is 14.4 Å². The molecule has 0 saturated carbocycles. The van der Waals surface area contributed by atoms with Crippen LogP contribution in [0, 0.1) is 17.8 Å². The molecule has 0 aliphatic carbocycles. The zero-order chi connectivity index (χ0) is 21.6. The van der Waals surface area contributed by atoms with Crippen molar-refractivity contribution in [1.82, 2.24) is 4.90 Å². The van der Waals surface area contributed by atoms with Crippen molar-refractivity contribution in [3.05, 3.63) is 83.9 Å². The van der Waals surface area contributed by atoms with E-state index in [1.54, 1.807) is 0 Å². The topological polar surface area (TPSA) is 55.8 Å². The summed E-state index contributed by atoms with van der Waals surface area (Å²) in [5.74, 6) is -1.27. The van der Waals surface area contributed by atoms with Gasteiger partial charge in [0.15, 0.2) is 0 Å². The van der Waals surface area contributed by atoms with Crippen molar-refractivity contribution in [2.24, 2.45) is 17.8 Å². The van der Waals surface area contributed by atoms with Gasteiger partial charge in [0.2, 0.25) is 5.91 Å². The van der Waals surface area contributed by atoms with Gasteiger partial charge in [0.1, 0.15) is 11.5 Å². The van der Waals surface area contributed by atoms with Crippen LogP contribution in [0.25, 0.3) is 0 Å². The second-order valence-electron chi connectivity index (χ2n) is 9.11. The molecule has 3 heterocycles. The van der Waals surface area contributed by atoms with Gasteiger partial charge >= 0.3 is 5.97 Å². The van der Waals surface area contributed by atoms with Crippen LogP contribution in [0.2, 0.25) is 0 Å². The third-order valence-corrected chi connectivity index (χ3v) is 6.50. The van der Waals surface area contributed by atoms with Crippen molar-refractivity contribution in [1.29, 1.82) is 0 Å². The smallest absolute Gasteiger partial charge is 0.312 e. The molecule has 2 saturated heterocycles. The third kappa shape index (κ3) is 3.28. The van der Waals surface area contributed by atoms with Gasteiger partial charge in [-0.2, -0.15) is 0 Å². The van der Waals surface area contributed by atoms with Gasteiger partial charge in [-0.1, -0.05) is 86.7 Å². The minimum Gasteiger partial charge on any atom is -0.465 e. The van der Waals surface area contributed by atoms with E-state index in [-0.39, 0.29) is 29.9 Å². The minimum atomic E-state index is -0.759. The molecule has 0 radical (unpaired) electrons. The van der Waals surface area contributed by atoms with Gasteiger partial charge in [-0.3, -0.25) is 9.59 Å². The predicted octanol–water partition coefficient (Wildman–Crippen LogP) is 3.76. The number of nitrogens with zero attached hydrogens (tertiary/aromatic N) is 1. The maximum atomic E-state index is 13.8. The fraction of sp³-hybridized carbons (Fsp3) is 0.385. The Morgan fingerprint density at radius 3 is 2.29 bits per heavy atom. The monoisotopic (exact) mass is 417 g/mol. The summed E-state index contributed by atoms with van der Waals surface area (Å²) >= 11 is 0. The average Bonchev–Trinajstić information content (AvgIpc) is 3.42. The molecule has 5 heteroatoms. The average molecular weight is 418 g/mol. The van der Waals surface area contributed by atoms with Crippen molar-refractivity contribution in [3.8, 4) is 0 Å². The van der Waals surface area contributed by atoms with Crippen LogP contribution in [0.4, 0.5) is 0 Å². The summed E-state index contributed by atoms with van der Waals surface area (Å²) in [6.45, 7) is 4.77. The molecule has 2 fully saturated rings. The van der Waals surface area contributed by atoms with Gasteiger partial charge in [-0.25, -0.2) is 0 Å². The normalized spacial score (nSPS) is 28.6. The van der Waals surface area contributed by atoms with Crippen LogP contribution in [0.1, 0.15) is 31.0 Å². The van der Waals surface area contributed by atoms with Crippen LogP contribution >= 0.6 is 0 Å². The molecule has 5 nitrogen and oxygen atoms in total. The SMILES string of the molecule is CC(C)COC(=O)[C@H]1[C@H]2C=C[C@@]3(CN(C(c4ccccc4)c4ccccc4)C(=O)[C@@H]13)O2. The Morgan fingerprint density at radius 1 is 1.10 bits per heavy atom. The van der Waals surface area contributed by atoms with Crippen LogP contribution in [-0.4, -0.2) is 41.6 Å². The highest BCUT2D eigenvalue weighted by Crippen LogP contribution is 2.54. The number of benzene rings is 2. The third-order valence-electron chi connectivity index (χ3n) is 6.50. The van der Waals surface area contributed by atoms with Crippen molar-refractivity contribution in [2.45, 2.75) is 31.6 Å². The van der Waals surface area contributed by atoms with E-state index < -0.39 is 17.4 Å². The molecule has 4 atom stereocenters. The first-order valence-electron chi connectivity index (χ1n) is 10.9. The second kappa shape index (κ2) is 7.65.